The first-order valence-electron chi connectivity index (χ1n) is 14.2. The summed E-state index contributed by atoms with van der Waals surface area (Å²) in [5, 5.41) is 19.2. The molecule has 1 saturated carbocycles. The summed E-state index contributed by atoms with van der Waals surface area (Å²) in [5.74, 6) is -3.82. The number of likely N-dealkylation sites (tertiary alicyclic amines) is 2. The van der Waals surface area contributed by atoms with E-state index in [9.17, 15) is 32.6 Å². The Kier molecular flexibility index (Phi) is 10.2. The van der Waals surface area contributed by atoms with Gasteiger partial charge in [0.15, 0.2) is 0 Å². The van der Waals surface area contributed by atoms with E-state index in [1.165, 1.54) is 31.0 Å². The van der Waals surface area contributed by atoms with Crippen molar-refractivity contribution >= 4 is 5.97 Å². The van der Waals surface area contributed by atoms with Gasteiger partial charge in [-0.3, -0.25) is 9.69 Å². The van der Waals surface area contributed by atoms with Gasteiger partial charge < -0.3 is 15.1 Å². The van der Waals surface area contributed by atoms with Gasteiger partial charge in [-0.15, -0.1) is 0 Å². The monoisotopic (exact) mass is 564 g/mol. The Balaban J connectivity index is 0.000000185. The number of hydrogen-bond acceptors (Lipinski definition) is 4. The van der Waals surface area contributed by atoms with Crippen LogP contribution in [0.15, 0.2) is 48.5 Å². The molecular formula is C31H40F4N2O3. The number of aliphatic carboxylic acids is 1. The first-order valence-corrected chi connectivity index (χ1v) is 14.2. The average molecular weight is 565 g/mol. The standard InChI is InChI=1S/C16H20FNO2.C15H20F3NO/c17-14-3-1-2-12(9-14)13-6-7-18(10-13)15(16(19)20)8-11-4-5-11;1-19-8-6-11(7-9-19)10-15(17,18)14(20)12-2-4-13(16)5-3-12/h1-3,9,11,13,15H,4-8,10H2,(H,19,20);2-5,11,14,20H,6-10H2,1H3. The topological polar surface area (TPSA) is 64.0 Å². The van der Waals surface area contributed by atoms with Gasteiger partial charge in [0.1, 0.15) is 23.8 Å². The van der Waals surface area contributed by atoms with Gasteiger partial charge in [-0.05, 0) is 106 Å². The molecule has 2 saturated heterocycles. The Labute approximate surface area is 233 Å². The highest BCUT2D eigenvalue weighted by atomic mass is 19.3. The van der Waals surface area contributed by atoms with Gasteiger partial charge in [0.05, 0.1) is 0 Å². The maximum atomic E-state index is 14.1. The summed E-state index contributed by atoms with van der Waals surface area (Å²) in [4.78, 5) is 15.6. The van der Waals surface area contributed by atoms with Crippen LogP contribution in [0.25, 0.3) is 0 Å². The van der Waals surface area contributed by atoms with Gasteiger partial charge >= 0.3 is 5.97 Å². The van der Waals surface area contributed by atoms with Crippen LogP contribution in [-0.2, 0) is 4.79 Å². The van der Waals surface area contributed by atoms with E-state index in [2.05, 4.69) is 9.80 Å². The van der Waals surface area contributed by atoms with Crippen molar-refractivity contribution in [2.75, 3.05) is 33.2 Å². The molecule has 3 atom stereocenters. The molecule has 5 nitrogen and oxygen atoms in total. The van der Waals surface area contributed by atoms with E-state index in [0.29, 0.717) is 5.92 Å². The quantitative estimate of drug-likeness (QED) is 0.361. The van der Waals surface area contributed by atoms with Crippen molar-refractivity contribution < 1.29 is 32.6 Å². The molecule has 3 unspecified atom stereocenters. The van der Waals surface area contributed by atoms with Gasteiger partial charge in [0, 0.05) is 13.0 Å². The molecule has 3 fully saturated rings. The number of aliphatic hydroxyl groups is 1. The number of carboxylic acid groups (broad SMARTS) is 1. The largest absolute Gasteiger partial charge is 0.480 e. The summed E-state index contributed by atoms with van der Waals surface area (Å²) in [6.07, 6.45) is 3.28. The van der Waals surface area contributed by atoms with Crippen LogP contribution in [0.4, 0.5) is 17.6 Å². The zero-order valence-corrected chi connectivity index (χ0v) is 23.0. The van der Waals surface area contributed by atoms with Crippen molar-refractivity contribution in [1.82, 2.24) is 9.80 Å². The Hall–Kier alpha value is -2.49. The number of aliphatic hydroxyl groups excluding tert-OH is 1. The lowest BCUT2D eigenvalue weighted by molar-refractivity contribution is -0.143. The minimum Gasteiger partial charge on any atom is -0.480 e. The summed E-state index contributed by atoms with van der Waals surface area (Å²) < 4.78 is 54.3. The number of halogens is 4. The molecule has 0 amide bonds. The molecule has 1 aliphatic carbocycles. The Bertz CT molecular complexity index is 1100. The van der Waals surface area contributed by atoms with Crippen molar-refractivity contribution in [2.45, 2.75) is 68.9 Å². The fourth-order valence-electron chi connectivity index (χ4n) is 5.83. The van der Waals surface area contributed by atoms with Crippen LogP contribution in [0.1, 0.15) is 68.1 Å². The van der Waals surface area contributed by atoms with E-state index in [4.69, 9.17) is 0 Å². The lowest BCUT2D eigenvalue weighted by Crippen LogP contribution is -2.40. The third-order valence-electron chi connectivity index (χ3n) is 8.50. The molecule has 9 heteroatoms. The van der Waals surface area contributed by atoms with Crippen LogP contribution >= 0.6 is 0 Å². The highest BCUT2D eigenvalue weighted by Gasteiger charge is 2.42. The molecular weight excluding hydrogens is 524 g/mol. The number of carbonyl (C=O) groups is 1. The number of hydrogen-bond donors (Lipinski definition) is 2. The molecule has 220 valence electrons. The fourth-order valence-corrected chi connectivity index (χ4v) is 5.83. The van der Waals surface area contributed by atoms with E-state index in [1.54, 1.807) is 12.1 Å². The van der Waals surface area contributed by atoms with Crippen molar-refractivity contribution in [3.63, 3.8) is 0 Å². The minimum atomic E-state index is -3.18. The fraction of sp³-hybridized carbons (Fsp3) is 0.581. The maximum Gasteiger partial charge on any atom is 0.320 e. The minimum absolute atomic E-state index is 0.0596. The predicted octanol–water partition coefficient (Wildman–Crippen LogP) is 6.09. The SMILES string of the molecule is CN1CCC(CC(F)(F)C(O)c2ccc(F)cc2)CC1.O=C(O)C(CC1CC1)N1CCC(c2cccc(F)c2)C1. The molecule has 2 aromatic rings. The highest BCUT2D eigenvalue weighted by Crippen LogP contribution is 2.39. The predicted molar refractivity (Wildman–Crippen MR) is 145 cm³/mol. The lowest BCUT2D eigenvalue weighted by atomic mass is 9.88. The van der Waals surface area contributed by atoms with Gasteiger partial charge in [0.25, 0.3) is 5.92 Å². The Morgan fingerprint density at radius 2 is 1.62 bits per heavy atom. The summed E-state index contributed by atoms with van der Waals surface area (Å²) in [6, 6.07) is 10.9. The van der Waals surface area contributed by atoms with Crippen LogP contribution in [0.2, 0.25) is 0 Å². The second-order valence-corrected chi connectivity index (χ2v) is 11.7. The van der Waals surface area contributed by atoms with Crippen LogP contribution < -0.4 is 0 Å². The number of carboxylic acids is 1. The Morgan fingerprint density at radius 3 is 2.23 bits per heavy atom. The summed E-state index contributed by atoms with van der Waals surface area (Å²) in [6.45, 7) is 3.15. The summed E-state index contributed by atoms with van der Waals surface area (Å²) >= 11 is 0. The van der Waals surface area contributed by atoms with E-state index in [-0.39, 0.29) is 35.7 Å². The number of rotatable bonds is 9. The first kappa shape index (κ1) is 30.5. The zero-order valence-electron chi connectivity index (χ0n) is 23.0. The molecule has 40 heavy (non-hydrogen) atoms. The average Bonchev–Trinajstić information content (AvgIpc) is 3.62. The Morgan fingerprint density at radius 1 is 0.950 bits per heavy atom. The number of piperidine rings is 1. The van der Waals surface area contributed by atoms with E-state index < -0.39 is 23.8 Å². The zero-order chi connectivity index (χ0) is 28.9. The first-order chi connectivity index (χ1) is 19.0. The van der Waals surface area contributed by atoms with Crippen LogP contribution in [0.5, 0.6) is 0 Å². The maximum absolute atomic E-state index is 14.1. The van der Waals surface area contributed by atoms with Gasteiger partial charge in [-0.1, -0.05) is 37.1 Å². The molecule has 2 aromatic carbocycles. The van der Waals surface area contributed by atoms with Crippen molar-refractivity contribution in [1.29, 1.82) is 0 Å². The second-order valence-electron chi connectivity index (χ2n) is 11.7. The van der Waals surface area contributed by atoms with Gasteiger partial charge in [0.2, 0.25) is 0 Å². The van der Waals surface area contributed by atoms with Crippen LogP contribution in [0, 0.1) is 23.5 Å². The summed E-state index contributed by atoms with van der Waals surface area (Å²) in [5.41, 5.74) is 1.05. The van der Waals surface area contributed by atoms with Crippen molar-refractivity contribution in [3.8, 4) is 0 Å². The van der Waals surface area contributed by atoms with Gasteiger partial charge in [-0.25, -0.2) is 17.6 Å². The van der Waals surface area contributed by atoms with E-state index in [0.717, 1.165) is 69.6 Å². The lowest BCUT2D eigenvalue weighted by Gasteiger charge is -2.32. The molecule has 0 spiro atoms. The third kappa shape index (κ3) is 8.51. The normalized spacial score (nSPS) is 22.4. The molecule has 0 aromatic heterocycles. The number of nitrogens with zero attached hydrogens (tertiary/aromatic N) is 2. The van der Waals surface area contributed by atoms with Gasteiger partial charge in [-0.2, -0.15) is 0 Å². The summed E-state index contributed by atoms with van der Waals surface area (Å²) in [7, 11) is 1.97. The van der Waals surface area contributed by atoms with Crippen molar-refractivity contribution in [3.05, 3.63) is 71.3 Å². The molecule has 0 bridgehead atoms. The molecule has 2 heterocycles. The second kappa shape index (κ2) is 13.4. The van der Waals surface area contributed by atoms with E-state index in [1.807, 2.05) is 13.1 Å². The molecule has 2 N–H and O–H groups in total. The smallest absolute Gasteiger partial charge is 0.320 e. The number of benzene rings is 2. The third-order valence-corrected chi connectivity index (χ3v) is 8.50. The molecule has 3 aliphatic rings. The number of alkyl halides is 2. The van der Waals surface area contributed by atoms with E-state index >= 15 is 0 Å². The molecule has 5 rings (SSSR count). The van der Waals surface area contributed by atoms with Crippen LogP contribution in [0.3, 0.4) is 0 Å². The van der Waals surface area contributed by atoms with Crippen molar-refractivity contribution in [2.24, 2.45) is 11.8 Å². The highest BCUT2D eigenvalue weighted by molar-refractivity contribution is 5.73. The molecule has 2 aliphatic heterocycles. The molecule has 0 radical (unpaired) electrons. The van der Waals surface area contributed by atoms with Crippen LogP contribution in [-0.4, -0.2) is 71.2 Å².